The van der Waals surface area contributed by atoms with Gasteiger partial charge in [-0.1, -0.05) is 42.4 Å². The fourth-order valence-corrected chi connectivity index (χ4v) is 6.66. The van der Waals surface area contributed by atoms with Gasteiger partial charge in [0, 0.05) is 30.6 Å². The summed E-state index contributed by atoms with van der Waals surface area (Å²) >= 11 is 0. The van der Waals surface area contributed by atoms with Crippen LogP contribution in [0.1, 0.15) is 71.5 Å². The number of nitrogens with zero attached hydrogens (tertiary/aromatic N) is 2. The minimum Gasteiger partial charge on any atom is -0.353 e. The van der Waals surface area contributed by atoms with Crippen molar-refractivity contribution in [2.75, 3.05) is 0 Å². The highest BCUT2D eigenvalue weighted by molar-refractivity contribution is 7.89. The van der Waals surface area contributed by atoms with Gasteiger partial charge in [-0.2, -0.15) is 4.31 Å². The van der Waals surface area contributed by atoms with Gasteiger partial charge in [-0.05, 0) is 48.9 Å². The highest BCUT2D eigenvalue weighted by atomic mass is 32.2. The second-order valence-electron chi connectivity index (χ2n) is 8.79. The van der Waals surface area contributed by atoms with Crippen LogP contribution in [0.25, 0.3) is 0 Å². The maximum absolute atomic E-state index is 15.1. The Morgan fingerprint density at radius 1 is 1.15 bits per heavy atom. The second kappa shape index (κ2) is 9.76. The number of Topliss-reactive ketones (excluding diaryl/α,β-unsaturated/α-hetero) is 1. The third kappa shape index (κ3) is 4.81. The molecule has 1 aliphatic heterocycles. The fraction of sp³-hybridized carbons (Fsp3) is 0.360. The standard InChI is InChI=1S/C25H26F2N2O4S/c1-16(12-23(30)24-10-11-28-33-24)20-14-21(26)19(13-22(20)27)15-29-17(2)8-9-25(34(29,31)32)18-6-4-3-5-7-18/h3-7,10-11,13-14,16-17,25H,8-9,12,15H2,1-2H3/t16?,17-,25+/m1/s1. The molecule has 3 aromatic rings. The molecule has 1 aliphatic rings. The molecule has 1 aromatic heterocycles. The van der Waals surface area contributed by atoms with Gasteiger partial charge in [0.15, 0.2) is 0 Å². The number of carbonyl (C=O) groups excluding carboxylic acids is 1. The lowest BCUT2D eigenvalue weighted by Gasteiger charge is -2.37. The molecule has 4 rings (SSSR count). The number of carbonyl (C=O) groups is 1. The van der Waals surface area contributed by atoms with E-state index in [0.717, 1.165) is 12.1 Å². The number of aromatic nitrogens is 1. The Morgan fingerprint density at radius 2 is 1.88 bits per heavy atom. The molecule has 0 spiro atoms. The van der Waals surface area contributed by atoms with Crippen molar-refractivity contribution in [3.8, 4) is 0 Å². The summed E-state index contributed by atoms with van der Waals surface area (Å²) in [5.41, 5.74) is 0.691. The number of sulfonamides is 1. The first-order valence-corrected chi connectivity index (χ1v) is 12.7. The lowest BCUT2D eigenvalue weighted by atomic mass is 9.93. The number of ketones is 1. The van der Waals surface area contributed by atoms with Gasteiger partial charge in [0.05, 0.1) is 6.20 Å². The van der Waals surface area contributed by atoms with Crippen molar-refractivity contribution >= 4 is 15.8 Å². The lowest BCUT2D eigenvalue weighted by molar-refractivity contribution is 0.0939. The summed E-state index contributed by atoms with van der Waals surface area (Å²) in [6, 6.07) is 12.1. The Hall–Kier alpha value is -2.91. The molecule has 180 valence electrons. The fourth-order valence-electron chi connectivity index (χ4n) is 4.47. The molecule has 1 unspecified atom stereocenters. The first-order chi connectivity index (χ1) is 16.2. The molecule has 0 N–H and O–H groups in total. The number of hydrogen-bond acceptors (Lipinski definition) is 5. The van der Waals surface area contributed by atoms with Crippen LogP contribution in [0.5, 0.6) is 0 Å². The monoisotopic (exact) mass is 488 g/mol. The van der Waals surface area contributed by atoms with Gasteiger partial charge in [-0.15, -0.1) is 0 Å². The molecule has 2 aromatic carbocycles. The van der Waals surface area contributed by atoms with Crippen LogP contribution in [0.2, 0.25) is 0 Å². The summed E-state index contributed by atoms with van der Waals surface area (Å²) in [5.74, 6) is -2.31. The average Bonchev–Trinajstić information content (AvgIpc) is 3.34. The second-order valence-corrected chi connectivity index (χ2v) is 10.9. The predicted octanol–water partition coefficient (Wildman–Crippen LogP) is 5.38. The predicted molar refractivity (Wildman–Crippen MR) is 123 cm³/mol. The maximum Gasteiger partial charge on any atom is 0.221 e. The Bertz CT molecular complexity index is 1260. The van der Waals surface area contributed by atoms with E-state index in [1.807, 2.05) is 6.07 Å². The molecule has 2 heterocycles. The zero-order valence-corrected chi connectivity index (χ0v) is 19.8. The van der Waals surface area contributed by atoms with Gasteiger partial charge < -0.3 is 4.52 Å². The normalized spacial score (nSPS) is 21.3. The molecule has 9 heteroatoms. The first kappa shape index (κ1) is 24.2. The maximum atomic E-state index is 15.1. The van der Waals surface area contributed by atoms with Crippen molar-refractivity contribution in [3.63, 3.8) is 0 Å². The Balaban J connectivity index is 1.56. The van der Waals surface area contributed by atoms with E-state index in [4.69, 9.17) is 4.52 Å². The van der Waals surface area contributed by atoms with Crippen LogP contribution < -0.4 is 0 Å². The molecule has 0 bridgehead atoms. The Morgan fingerprint density at radius 3 is 2.56 bits per heavy atom. The molecule has 0 amide bonds. The summed E-state index contributed by atoms with van der Waals surface area (Å²) in [6.45, 7) is 3.13. The minimum absolute atomic E-state index is 0.0425. The molecule has 0 saturated carbocycles. The highest BCUT2D eigenvalue weighted by Crippen LogP contribution is 2.38. The molecule has 3 atom stereocenters. The van der Waals surface area contributed by atoms with Crippen LogP contribution in [-0.4, -0.2) is 29.7 Å². The van der Waals surface area contributed by atoms with Gasteiger partial charge >= 0.3 is 0 Å². The summed E-state index contributed by atoms with van der Waals surface area (Å²) in [4.78, 5) is 12.2. The van der Waals surface area contributed by atoms with Gasteiger partial charge in [-0.25, -0.2) is 17.2 Å². The van der Waals surface area contributed by atoms with Crippen molar-refractivity contribution in [2.24, 2.45) is 0 Å². The zero-order chi connectivity index (χ0) is 24.5. The summed E-state index contributed by atoms with van der Waals surface area (Å²) in [7, 11) is -3.78. The minimum atomic E-state index is -3.78. The number of hydrogen-bond donors (Lipinski definition) is 0. The van der Waals surface area contributed by atoms with Crippen LogP contribution >= 0.6 is 0 Å². The number of benzene rings is 2. The molecule has 0 radical (unpaired) electrons. The lowest BCUT2D eigenvalue weighted by Crippen LogP contribution is -2.44. The van der Waals surface area contributed by atoms with Gasteiger partial charge in [0.1, 0.15) is 16.9 Å². The zero-order valence-electron chi connectivity index (χ0n) is 18.9. The van der Waals surface area contributed by atoms with Crippen molar-refractivity contribution < 1.29 is 26.5 Å². The van der Waals surface area contributed by atoms with Gasteiger partial charge in [0.25, 0.3) is 0 Å². The molecular weight excluding hydrogens is 462 g/mol. The van der Waals surface area contributed by atoms with Crippen LogP contribution in [-0.2, 0) is 16.6 Å². The summed E-state index contributed by atoms with van der Waals surface area (Å²) in [6.07, 6.45) is 2.34. The molecule has 1 saturated heterocycles. The Kier molecular flexibility index (Phi) is 6.95. The molecular formula is C25H26F2N2O4S. The van der Waals surface area contributed by atoms with E-state index in [-0.39, 0.29) is 41.7 Å². The van der Waals surface area contributed by atoms with Gasteiger partial charge in [-0.3, -0.25) is 4.79 Å². The van der Waals surface area contributed by atoms with Crippen molar-refractivity contribution in [1.82, 2.24) is 9.46 Å². The van der Waals surface area contributed by atoms with E-state index in [9.17, 15) is 17.6 Å². The SMILES string of the molecule is CC(CC(=O)c1ccno1)c1cc(F)c(CN2[C@H](C)CC[C@@H](c3ccccc3)S2(=O)=O)cc1F. The topological polar surface area (TPSA) is 80.5 Å². The van der Waals surface area contributed by atoms with Crippen molar-refractivity contribution in [3.05, 3.63) is 88.8 Å². The molecule has 1 fully saturated rings. The third-order valence-electron chi connectivity index (χ3n) is 6.42. The van der Waals surface area contributed by atoms with E-state index < -0.39 is 32.8 Å². The van der Waals surface area contributed by atoms with Crippen molar-refractivity contribution in [2.45, 2.75) is 56.9 Å². The van der Waals surface area contributed by atoms with E-state index >= 15 is 4.39 Å². The third-order valence-corrected chi connectivity index (χ3v) is 8.79. The average molecular weight is 489 g/mol. The van der Waals surface area contributed by atoms with Crippen LogP contribution in [0.15, 0.2) is 59.3 Å². The summed E-state index contributed by atoms with van der Waals surface area (Å²) in [5, 5.41) is 2.76. The van der Waals surface area contributed by atoms with E-state index in [1.54, 1.807) is 38.1 Å². The quantitative estimate of drug-likeness (QED) is 0.417. The van der Waals surface area contributed by atoms with E-state index in [0.29, 0.717) is 18.4 Å². The number of rotatable bonds is 7. The number of halogens is 2. The molecule has 0 aliphatic carbocycles. The molecule has 6 nitrogen and oxygen atoms in total. The van der Waals surface area contributed by atoms with Gasteiger partial charge in [0.2, 0.25) is 21.6 Å². The highest BCUT2D eigenvalue weighted by Gasteiger charge is 2.40. The first-order valence-electron chi connectivity index (χ1n) is 11.2. The smallest absolute Gasteiger partial charge is 0.221 e. The largest absolute Gasteiger partial charge is 0.353 e. The van der Waals surface area contributed by atoms with E-state index in [1.165, 1.54) is 16.6 Å². The van der Waals surface area contributed by atoms with Crippen LogP contribution in [0.4, 0.5) is 8.78 Å². The Labute approximate surface area is 197 Å². The van der Waals surface area contributed by atoms with Crippen molar-refractivity contribution in [1.29, 1.82) is 0 Å². The summed E-state index contributed by atoms with van der Waals surface area (Å²) < 4.78 is 62.9. The van der Waals surface area contributed by atoms with E-state index in [2.05, 4.69) is 5.16 Å². The van der Waals surface area contributed by atoms with Crippen LogP contribution in [0, 0.1) is 11.6 Å². The molecule has 34 heavy (non-hydrogen) atoms. The van der Waals surface area contributed by atoms with Crippen LogP contribution in [0.3, 0.4) is 0 Å².